The summed E-state index contributed by atoms with van der Waals surface area (Å²) in [5.41, 5.74) is 1.40. The van der Waals surface area contributed by atoms with Gasteiger partial charge in [0.15, 0.2) is 0 Å². The van der Waals surface area contributed by atoms with Crippen LogP contribution in [0.2, 0.25) is 0 Å². The minimum Gasteiger partial charge on any atom is -0.319 e. The summed E-state index contributed by atoms with van der Waals surface area (Å²) in [5, 5.41) is 11.7. The van der Waals surface area contributed by atoms with Crippen molar-refractivity contribution in [1.29, 1.82) is 5.26 Å². The Morgan fingerprint density at radius 1 is 1.36 bits per heavy atom. The second-order valence-corrected chi connectivity index (χ2v) is 5.06. The largest absolute Gasteiger partial charge is 0.319 e. The average Bonchev–Trinajstić information content (AvgIpc) is 2.96. The second kappa shape index (κ2) is 13.0. The first-order chi connectivity index (χ1) is 10.7. The summed E-state index contributed by atoms with van der Waals surface area (Å²) < 4.78 is 0. The van der Waals surface area contributed by atoms with Crippen LogP contribution in [-0.4, -0.2) is 44.4 Å². The molecule has 1 heterocycles. The molecule has 122 valence electrons. The molecule has 0 spiro atoms. The molecular weight excluding hydrogens is 274 g/mol. The number of carbonyl (C=O) groups excluding carboxylic acids is 1. The van der Waals surface area contributed by atoms with Gasteiger partial charge in [-0.05, 0) is 39.0 Å². The van der Waals surface area contributed by atoms with E-state index < -0.39 is 0 Å². The molecule has 1 aliphatic rings. The molecule has 22 heavy (non-hydrogen) atoms. The van der Waals surface area contributed by atoms with E-state index in [9.17, 15) is 4.79 Å². The number of nitrogens with one attached hydrogen (secondary N) is 1. The molecule has 1 aromatic carbocycles. The van der Waals surface area contributed by atoms with Gasteiger partial charge >= 0.3 is 0 Å². The van der Waals surface area contributed by atoms with Crippen LogP contribution in [0.15, 0.2) is 30.3 Å². The van der Waals surface area contributed by atoms with Gasteiger partial charge in [-0.2, -0.15) is 5.26 Å². The Morgan fingerprint density at radius 2 is 2.00 bits per heavy atom. The van der Waals surface area contributed by atoms with Crippen molar-refractivity contribution in [2.24, 2.45) is 5.92 Å². The molecule has 2 atom stereocenters. The summed E-state index contributed by atoms with van der Waals surface area (Å²) in [6.07, 6.45) is 2.77. The van der Waals surface area contributed by atoms with E-state index >= 15 is 0 Å². The second-order valence-electron chi connectivity index (χ2n) is 5.06. The SMILES string of the molecule is CC.CN1CC(C=O)CC1C#N.CNCCc1ccccc1. The number of hydrogen-bond donors (Lipinski definition) is 1. The number of rotatable bonds is 4. The maximum atomic E-state index is 10.3. The fourth-order valence-corrected chi connectivity index (χ4v) is 2.20. The Labute approximate surface area is 135 Å². The summed E-state index contributed by atoms with van der Waals surface area (Å²) in [6.45, 7) is 5.80. The van der Waals surface area contributed by atoms with Crippen molar-refractivity contribution in [3.05, 3.63) is 35.9 Å². The van der Waals surface area contributed by atoms with Crippen molar-refractivity contribution in [1.82, 2.24) is 10.2 Å². The third kappa shape index (κ3) is 7.92. The molecule has 1 aliphatic heterocycles. The molecule has 0 saturated carbocycles. The quantitative estimate of drug-likeness (QED) is 0.868. The van der Waals surface area contributed by atoms with E-state index in [4.69, 9.17) is 5.26 Å². The normalized spacial score (nSPS) is 20.0. The highest BCUT2D eigenvalue weighted by atomic mass is 16.1. The average molecular weight is 303 g/mol. The minimum absolute atomic E-state index is 0.0461. The van der Waals surface area contributed by atoms with Gasteiger partial charge in [-0.15, -0.1) is 0 Å². The van der Waals surface area contributed by atoms with Gasteiger partial charge in [0, 0.05) is 12.5 Å². The molecular formula is C18H29N3O. The van der Waals surface area contributed by atoms with E-state index in [0.29, 0.717) is 6.42 Å². The lowest BCUT2D eigenvalue weighted by molar-refractivity contribution is -0.110. The third-order valence-corrected chi connectivity index (χ3v) is 3.43. The number of nitrogens with zero attached hydrogens (tertiary/aromatic N) is 2. The molecule has 1 aromatic rings. The van der Waals surface area contributed by atoms with Gasteiger partial charge in [0.25, 0.3) is 0 Å². The zero-order chi connectivity index (χ0) is 16.8. The number of benzene rings is 1. The summed E-state index contributed by atoms with van der Waals surface area (Å²) in [6, 6.07) is 12.6. The summed E-state index contributed by atoms with van der Waals surface area (Å²) in [4.78, 5) is 12.2. The van der Waals surface area contributed by atoms with Gasteiger partial charge < -0.3 is 10.1 Å². The van der Waals surface area contributed by atoms with E-state index in [1.54, 1.807) is 0 Å². The fourth-order valence-electron chi connectivity index (χ4n) is 2.20. The highest BCUT2D eigenvalue weighted by Gasteiger charge is 2.28. The fraction of sp³-hybridized carbons (Fsp3) is 0.556. The van der Waals surface area contributed by atoms with Crippen molar-refractivity contribution in [2.75, 3.05) is 27.2 Å². The topological polar surface area (TPSA) is 56.1 Å². The van der Waals surface area contributed by atoms with E-state index in [1.165, 1.54) is 5.56 Å². The van der Waals surface area contributed by atoms with Crippen LogP contribution in [0.4, 0.5) is 0 Å². The zero-order valence-corrected chi connectivity index (χ0v) is 14.2. The van der Waals surface area contributed by atoms with Crippen molar-refractivity contribution < 1.29 is 4.79 Å². The predicted octanol–water partition coefficient (Wildman–Crippen LogP) is 2.50. The van der Waals surface area contributed by atoms with Crippen LogP contribution in [0, 0.1) is 17.2 Å². The first-order valence-corrected chi connectivity index (χ1v) is 7.95. The first kappa shape index (κ1) is 20.3. The molecule has 4 nitrogen and oxygen atoms in total. The van der Waals surface area contributed by atoms with Crippen molar-refractivity contribution >= 4 is 6.29 Å². The predicted molar refractivity (Wildman–Crippen MR) is 91.6 cm³/mol. The van der Waals surface area contributed by atoms with E-state index in [-0.39, 0.29) is 12.0 Å². The van der Waals surface area contributed by atoms with Crippen LogP contribution >= 0.6 is 0 Å². The smallest absolute Gasteiger partial charge is 0.124 e. The van der Waals surface area contributed by atoms with Crippen molar-refractivity contribution in [3.63, 3.8) is 0 Å². The van der Waals surface area contributed by atoms with Gasteiger partial charge in [0.2, 0.25) is 0 Å². The summed E-state index contributed by atoms with van der Waals surface area (Å²) >= 11 is 0. The lowest BCUT2D eigenvalue weighted by Crippen LogP contribution is -2.23. The number of hydrogen-bond acceptors (Lipinski definition) is 4. The molecule has 0 aromatic heterocycles. The maximum absolute atomic E-state index is 10.3. The van der Waals surface area contributed by atoms with E-state index in [0.717, 1.165) is 25.8 Å². The first-order valence-electron chi connectivity index (χ1n) is 7.95. The lowest BCUT2D eigenvalue weighted by Gasteiger charge is -2.09. The number of carbonyl (C=O) groups is 1. The molecule has 1 saturated heterocycles. The zero-order valence-electron chi connectivity index (χ0n) is 14.2. The molecule has 2 rings (SSSR count). The highest BCUT2D eigenvalue weighted by Crippen LogP contribution is 2.18. The Balaban J connectivity index is 0.000000360. The molecule has 0 aliphatic carbocycles. The van der Waals surface area contributed by atoms with Gasteiger partial charge in [-0.3, -0.25) is 4.90 Å². The molecule has 0 bridgehead atoms. The van der Waals surface area contributed by atoms with Crippen molar-refractivity contribution in [2.45, 2.75) is 32.7 Å². The van der Waals surface area contributed by atoms with Crippen molar-refractivity contribution in [3.8, 4) is 6.07 Å². The van der Waals surface area contributed by atoms with Gasteiger partial charge in [0.05, 0.1) is 12.1 Å². The van der Waals surface area contributed by atoms with Crippen LogP contribution < -0.4 is 5.32 Å². The Morgan fingerprint density at radius 3 is 2.41 bits per heavy atom. The standard InChI is InChI=1S/C9H13N.C7H10N2O.C2H6/c1-10-8-7-9-5-3-2-4-6-9;1-9-4-6(5-10)2-7(9)3-8;1-2/h2-6,10H,7-8H2,1H3;5-7H,2,4H2,1H3;1-2H3. The molecule has 4 heteroatoms. The van der Waals surface area contributed by atoms with E-state index in [2.05, 4.69) is 35.7 Å². The Hall–Kier alpha value is -1.70. The summed E-state index contributed by atoms with van der Waals surface area (Å²) in [5.74, 6) is 0.0784. The van der Waals surface area contributed by atoms with Crippen LogP contribution in [0.3, 0.4) is 0 Å². The number of nitriles is 1. The molecule has 1 fully saturated rings. The lowest BCUT2D eigenvalue weighted by atomic mass is 10.1. The number of likely N-dealkylation sites (tertiary alicyclic amines) is 1. The molecule has 0 radical (unpaired) electrons. The van der Waals surface area contributed by atoms with Gasteiger partial charge in [0.1, 0.15) is 6.29 Å². The van der Waals surface area contributed by atoms with Crippen LogP contribution in [0.25, 0.3) is 0 Å². The number of likely N-dealkylation sites (N-methyl/N-ethyl adjacent to an activating group) is 1. The molecule has 1 N–H and O–H groups in total. The third-order valence-electron chi connectivity index (χ3n) is 3.43. The number of aldehydes is 1. The van der Waals surface area contributed by atoms with Crippen LogP contribution in [-0.2, 0) is 11.2 Å². The highest BCUT2D eigenvalue weighted by molar-refractivity contribution is 5.54. The van der Waals surface area contributed by atoms with Crippen LogP contribution in [0.5, 0.6) is 0 Å². The minimum atomic E-state index is -0.0461. The molecule has 2 unspecified atom stereocenters. The van der Waals surface area contributed by atoms with E-state index in [1.807, 2.05) is 38.9 Å². The maximum Gasteiger partial charge on any atom is 0.124 e. The monoisotopic (exact) mass is 303 g/mol. The summed E-state index contributed by atoms with van der Waals surface area (Å²) in [7, 11) is 3.85. The van der Waals surface area contributed by atoms with Gasteiger partial charge in [-0.1, -0.05) is 44.2 Å². The van der Waals surface area contributed by atoms with Gasteiger partial charge in [-0.25, -0.2) is 0 Å². The Kier molecular flexibility index (Phi) is 12.0. The Bertz CT molecular complexity index is 428. The molecule has 0 amide bonds. The van der Waals surface area contributed by atoms with Crippen LogP contribution in [0.1, 0.15) is 25.8 Å².